The highest BCUT2D eigenvalue weighted by molar-refractivity contribution is 5.96. The molecule has 6 heteroatoms. The van der Waals surface area contributed by atoms with Crippen molar-refractivity contribution in [2.75, 3.05) is 11.9 Å². The molecule has 1 aromatic rings. The summed E-state index contributed by atoms with van der Waals surface area (Å²) < 4.78 is 11.3. The molecule has 2 aliphatic heterocycles. The van der Waals surface area contributed by atoms with Crippen molar-refractivity contribution in [3.8, 4) is 5.75 Å². The van der Waals surface area contributed by atoms with Crippen molar-refractivity contribution >= 4 is 17.6 Å². The molecule has 2 fully saturated rings. The SMILES string of the molecule is CCCCCCOc1ccc(NC(=O)C2C(C(=O)O)[C@H]3CC[C@@H]2O3)cc1. The van der Waals surface area contributed by atoms with E-state index in [1.165, 1.54) is 19.3 Å². The number of carboxylic acid groups (broad SMARTS) is 1. The molecule has 4 atom stereocenters. The van der Waals surface area contributed by atoms with Crippen LogP contribution in [0.25, 0.3) is 0 Å². The molecule has 1 aromatic carbocycles. The molecule has 2 saturated heterocycles. The molecular weight excluding hydrogens is 334 g/mol. The Balaban J connectivity index is 1.52. The zero-order valence-corrected chi connectivity index (χ0v) is 15.1. The highest BCUT2D eigenvalue weighted by Gasteiger charge is 2.55. The molecule has 2 aliphatic rings. The summed E-state index contributed by atoms with van der Waals surface area (Å²) in [5.74, 6) is -1.84. The van der Waals surface area contributed by atoms with Crippen LogP contribution in [0.5, 0.6) is 5.75 Å². The maximum Gasteiger partial charge on any atom is 0.310 e. The lowest BCUT2D eigenvalue weighted by Gasteiger charge is -2.23. The van der Waals surface area contributed by atoms with Crippen molar-refractivity contribution < 1.29 is 24.2 Å². The van der Waals surface area contributed by atoms with Crippen LogP contribution in [0.1, 0.15) is 45.4 Å². The van der Waals surface area contributed by atoms with Gasteiger partial charge in [-0.3, -0.25) is 9.59 Å². The smallest absolute Gasteiger partial charge is 0.310 e. The largest absolute Gasteiger partial charge is 0.494 e. The number of ether oxygens (including phenoxy) is 2. The number of fused-ring (bicyclic) bond motifs is 2. The molecule has 2 bridgehead atoms. The van der Waals surface area contributed by atoms with Gasteiger partial charge in [-0.25, -0.2) is 0 Å². The van der Waals surface area contributed by atoms with Crippen LogP contribution >= 0.6 is 0 Å². The van der Waals surface area contributed by atoms with Crippen LogP contribution in [0, 0.1) is 11.8 Å². The lowest BCUT2D eigenvalue weighted by molar-refractivity contribution is -0.147. The van der Waals surface area contributed by atoms with E-state index < -0.39 is 17.8 Å². The van der Waals surface area contributed by atoms with Crippen molar-refractivity contribution in [1.82, 2.24) is 0 Å². The number of benzene rings is 1. The molecule has 0 spiro atoms. The van der Waals surface area contributed by atoms with Gasteiger partial charge in [0.2, 0.25) is 5.91 Å². The van der Waals surface area contributed by atoms with Crippen molar-refractivity contribution in [2.24, 2.45) is 11.8 Å². The molecule has 142 valence electrons. The van der Waals surface area contributed by atoms with Crippen LogP contribution < -0.4 is 10.1 Å². The molecule has 0 aromatic heterocycles. The summed E-state index contributed by atoms with van der Waals surface area (Å²) in [6, 6.07) is 7.20. The molecule has 2 N–H and O–H groups in total. The van der Waals surface area contributed by atoms with Crippen LogP contribution in [0.4, 0.5) is 5.69 Å². The van der Waals surface area contributed by atoms with Gasteiger partial charge >= 0.3 is 5.97 Å². The Bertz CT molecular complexity index is 630. The first kappa shape index (κ1) is 18.7. The van der Waals surface area contributed by atoms with Gasteiger partial charge in [0.25, 0.3) is 0 Å². The van der Waals surface area contributed by atoms with E-state index in [4.69, 9.17) is 9.47 Å². The van der Waals surface area contributed by atoms with E-state index in [0.717, 1.165) is 25.0 Å². The second-order valence-electron chi connectivity index (χ2n) is 7.10. The Kier molecular flexibility index (Phi) is 6.14. The van der Waals surface area contributed by atoms with E-state index in [0.29, 0.717) is 12.3 Å². The van der Waals surface area contributed by atoms with Gasteiger partial charge in [-0.15, -0.1) is 0 Å². The Morgan fingerprint density at radius 3 is 2.46 bits per heavy atom. The van der Waals surface area contributed by atoms with Gasteiger partial charge in [-0.05, 0) is 43.5 Å². The maximum atomic E-state index is 12.6. The highest BCUT2D eigenvalue weighted by atomic mass is 16.5. The number of hydrogen-bond acceptors (Lipinski definition) is 4. The maximum absolute atomic E-state index is 12.6. The predicted molar refractivity (Wildman–Crippen MR) is 97.2 cm³/mol. The summed E-state index contributed by atoms with van der Waals surface area (Å²) in [7, 11) is 0. The number of carboxylic acids is 1. The third-order valence-electron chi connectivity index (χ3n) is 5.25. The number of unbranched alkanes of at least 4 members (excludes halogenated alkanes) is 3. The molecule has 2 unspecified atom stereocenters. The summed E-state index contributed by atoms with van der Waals surface area (Å²) in [6.45, 7) is 2.86. The summed E-state index contributed by atoms with van der Waals surface area (Å²) in [5, 5.41) is 12.2. The van der Waals surface area contributed by atoms with Gasteiger partial charge < -0.3 is 19.9 Å². The highest BCUT2D eigenvalue weighted by Crippen LogP contribution is 2.44. The molecule has 0 radical (unpaired) electrons. The van der Waals surface area contributed by atoms with Crippen LogP contribution in [0.15, 0.2) is 24.3 Å². The van der Waals surface area contributed by atoms with Gasteiger partial charge in [-0.2, -0.15) is 0 Å². The second kappa shape index (κ2) is 8.54. The van der Waals surface area contributed by atoms with Gasteiger partial charge in [0.15, 0.2) is 0 Å². The Morgan fingerprint density at radius 1 is 1.12 bits per heavy atom. The first-order chi connectivity index (χ1) is 12.6. The number of carbonyl (C=O) groups is 2. The van der Waals surface area contributed by atoms with Gasteiger partial charge in [0.05, 0.1) is 30.7 Å². The van der Waals surface area contributed by atoms with Crippen molar-refractivity contribution in [3.63, 3.8) is 0 Å². The zero-order chi connectivity index (χ0) is 18.5. The van der Waals surface area contributed by atoms with Crippen LogP contribution in [-0.4, -0.2) is 35.8 Å². The van der Waals surface area contributed by atoms with E-state index in [-0.39, 0.29) is 18.1 Å². The van der Waals surface area contributed by atoms with Gasteiger partial charge in [0.1, 0.15) is 5.75 Å². The minimum Gasteiger partial charge on any atom is -0.494 e. The summed E-state index contributed by atoms with van der Waals surface area (Å²) in [5.41, 5.74) is 0.639. The summed E-state index contributed by atoms with van der Waals surface area (Å²) >= 11 is 0. The monoisotopic (exact) mass is 361 g/mol. The Hall–Kier alpha value is -2.08. The fourth-order valence-electron chi connectivity index (χ4n) is 3.90. The van der Waals surface area contributed by atoms with E-state index in [1.54, 1.807) is 12.1 Å². The van der Waals surface area contributed by atoms with E-state index in [2.05, 4.69) is 12.2 Å². The van der Waals surface area contributed by atoms with Crippen LogP contribution in [0.2, 0.25) is 0 Å². The van der Waals surface area contributed by atoms with Crippen molar-refractivity contribution in [3.05, 3.63) is 24.3 Å². The van der Waals surface area contributed by atoms with Crippen molar-refractivity contribution in [1.29, 1.82) is 0 Å². The molecule has 0 saturated carbocycles. The zero-order valence-electron chi connectivity index (χ0n) is 15.1. The number of amides is 1. The average Bonchev–Trinajstić information content (AvgIpc) is 3.24. The fourth-order valence-corrected chi connectivity index (χ4v) is 3.90. The predicted octanol–water partition coefficient (Wildman–Crippen LogP) is 3.46. The van der Waals surface area contributed by atoms with Crippen LogP contribution in [-0.2, 0) is 14.3 Å². The standard InChI is InChI=1S/C20H27NO5/c1-2-3-4-5-12-25-14-8-6-13(7-9-14)21-19(22)17-15-10-11-16(26-15)18(17)20(23)24/h6-9,15-18H,2-5,10-12H2,1H3,(H,21,22)(H,23,24)/t15-,16+,17?,18?/m0/s1. The molecule has 6 nitrogen and oxygen atoms in total. The number of nitrogens with one attached hydrogen (secondary N) is 1. The minimum atomic E-state index is -0.954. The third kappa shape index (κ3) is 4.18. The Labute approximate surface area is 153 Å². The molecule has 26 heavy (non-hydrogen) atoms. The van der Waals surface area contributed by atoms with Crippen LogP contribution in [0.3, 0.4) is 0 Å². The molecule has 1 amide bonds. The topological polar surface area (TPSA) is 84.9 Å². The van der Waals surface area contributed by atoms with E-state index in [9.17, 15) is 14.7 Å². The average molecular weight is 361 g/mol. The molecule has 0 aliphatic carbocycles. The number of hydrogen-bond donors (Lipinski definition) is 2. The lowest BCUT2D eigenvalue weighted by atomic mass is 9.78. The van der Waals surface area contributed by atoms with E-state index in [1.807, 2.05) is 12.1 Å². The first-order valence-electron chi connectivity index (χ1n) is 9.52. The molecule has 3 rings (SSSR count). The van der Waals surface area contributed by atoms with Gasteiger partial charge in [-0.1, -0.05) is 26.2 Å². The quantitative estimate of drug-likeness (QED) is 0.658. The molecule has 2 heterocycles. The van der Waals surface area contributed by atoms with Gasteiger partial charge in [0, 0.05) is 5.69 Å². The number of aliphatic carboxylic acids is 1. The molecular formula is C20H27NO5. The fraction of sp³-hybridized carbons (Fsp3) is 0.600. The lowest BCUT2D eigenvalue weighted by Crippen LogP contribution is -2.40. The first-order valence-corrected chi connectivity index (χ1v) is 9.52. The second-order valence-corrected chi connectivity index (χ2v) is 7.10. The van der Waals surface area contributed by atoms with Crippen molar-refractivity contribution in [2.45, 2.75) is 57.7 Å². The number of anilines is 1. The summed E-state index contributed by atoms with van der Waals surface area (Å²) in [4.78, 5) is 24.1. The normalized spacial score (nSPS) is 26.7. The minimum absolute atomic E-state index is 0.280. The Morgan fingerprint density at radius 2 is 1.81 bits per heavy atom. The number of carbonyl (C=O) groups excluding carboxylic acids is 1. The summed E-state index contributed by atoms with van der Waals surface area (Å²) in [6.07, 6.45) is 5.47. The number of rotatable bonds is 9. The van der Waals surface area contributed by atoms with E-state index >= 15 is 0 Å². The third-order valence-corrected chi connectivity index (χ3v) is 5.25.